The van der Waals surface area contributed by atoms with Crippen LogP contribution in [0, 0.1) is 5.82 Å². The molecule has 7 heteroatoms. The molecule has 29 heavy (non-hydrogen) atoms. The summed E-state index contributed by atoms with van der Waals surface area (Å²) in [4.78, 5) is 8.36. The average Bonchev–Trinajstić information content (AvgIpc) is 2.70. The van der Waals surface area contributed by atoms with E-state index in [0.717, 1.165) is 28.6 Å². The molecule has 0 aromatic heterocycles. The topological polar surface area (TPSA) is 49.3 Å². The number of hydrogen-bond donors (Lipinski definition) is 1. The molecule has 0 saturated carbocycles. The standard InChI is InChI=1S/C22H29FN4O2/c1-24-22(25-13-16-5-7-19(23)18(11-16)15-26(2)3)27(4)14-17-6-8-20-21(12-17)29-10-9-28-20/h5-8,11-12H,9-10,13-15H2,1-4H3,(H,24,25). The Morgan fingerprint density at radius 2 is 1.72 bits per heavy atom. The summed E-state index contributed by atoms with van der Waals surface area (Å²) < 4.78 is 25.2. The van der Waals surface area contributed by atoms with E-state index in [1.54, 1.807) is 13.1 Å². The summed E-state index contributed by atoms with van der Waals surface area (Å²) in [5.41, 5.74) is 2.81. The molecule has 0 unspecified atom stereocenters. The number of aliphatic imine (C=N–C) groups is 1. The van der Waals surface area contributed by atoms with Crippen molar-refractivity contribution >= 4 is 5.96 Å². The van der Waals surface area contributed by atoms with Gasteiger partial charge in [-0.15, -0.1) is 0 Å². The van der Waals surface area contributed by atoms with Crippen LogP contribution in [-0.4, -0.2) is 57.2 Å². The second-order valence-electron chi connectivity index (χ2n) is 7.40. The quantitative estimate of drug-likeness (QED) is 0.597. The van der Waals surface area contributed by atoms with Gasteiger partial charge in [0.15, 0.2) is 17.5 Å². The van der Waals surface area contributed by atoms with Crippen LogP contribution >= 0.6 is 0 Å². The van der Waals surface area contributed by atoms with Crippen molar-refractivity contribution in [3.63, 3.8) is 0 Å². The first-order valence-corrected chi connectivity index (χ1v) is 9.68. The second kappa shape index (κ2) is 9.60. The van der Waals surface area contributed by atoms with Crippen LogP contribution in [-0.2, 0) is 19.6 Å². The number of guanidine groups is 1. The number of nitrogens with one attached hydrogen (secondary N) is 1. The number of fused-ring (bicyclic) bond motifs is 1. The Labute approximate surface area is 171 Å². The molecular formula is C22H29FN4O2. The lowest BCUT2D eigenvalue weighted by Gasteiger charge is -2.24. The van der Waals surface area contributed by atoms with Crippen LogP contribution in [0.1, 0.15) is 16.7 Å². The maximum absolute atomic E-state index is 14.0. The lowest BCUT2D eigenvalue weighted by molar-refractivity contribution is 0.171. The fourth-order valence-electron chi connectivity index (χ4n) is 3.30. The monoisotopic (exact) mass is 400 g/mol. The smallest absolute Gasteiger partial charge is 0.193 e. The third-order valence-corrected chi connectivity index (χ3v) is 4.65. The third kappa shape index (κ3) is 5.60. The van der Waals surface area contributed by atoms with Gasteiger partial charge in [0.25, 0.3) is 0 Å². The molecule has 1 aliphatic heterocycles. The first-order valence-electron chi connectivity index (χ1n) is 9.68. The fourth-order valence-corrected chi connectivity index (χ4v) is 3.30. The molecule has 1 heterocycles. The summed E-state index contributed by atoms with van der Waals surface area (Å²) in [7, 11) is 7.59. The van der Waals surface area contributed by atoms with Crippen LogP contribution in [0.4, 0.5) is 4.39 Å². The van der Waals surface area contributed by atoms with Crippen molar-refractivity contribution in [2.24, 2.45) is 4.99 Å². The van der Waals surface area contributed by atoms with Gasteiger partial charge in [0.05, 0.1) is 0 Å². The van der Waals surface area contributed by atoms with Crippen molar-refractivity contribution < 1.29 is 13.9 Å². The molecule has 0 saturated heterocycles. The van der Waals surface area contributed by atoms with Crippen LogP contribution < -0.4 is 14.8 Å². The van der Waals surface area contributed by atoms with Gasteiger partial charge >= 0.3 is 0 Å². The van der Waals surface area contributed by atoms with Crippen LogP contribution in [0.2, 0.25) is 0 Å². The van der Waals surface area contributed by atoms with Gasteiger partial charge in [-0.1, -0.05) is 12.1 Å². The zero-order valence-electron chi connectivity index (χ0n) is 17.5. The van der Waals surface area contributed by atoms with Crippen LogP contribution in [0.25, 0.3) is 0 Å². The summed E-state index contributed by atoms with van der Waals surface area (Å²) >= 11 is 0. The Morgan fingerprint density at radius 3 is 2.45 bits per heavy atom. The van der Waals surface area contributed by atoms with Gasteiger partial charge in [-0.25, -0.2) is 4.39 Å². The number of ether oxygens (including phenoxy) is 2. The number of benzene rings is 2. The van der Waals surface area contributed by atoms with Gasteiger partial charge < -0.3 is 24.6 Å². The summed E-state index contributed by atoms with van der Waals surface area (Å²) in [5, 5.41) is 3.35. The maximum Gasteiger partial charge on any atom is 0.193 e. The van der Waals surface area contributed by atoms with E-state index in [2.05, 4.69) is 10.3 Å². The molecule has 156 valence electrons. The van der Waals surface area contributed by atoms with E-state index in [4.69, 9.17) is 9.47 Å². The van der Waals surface area contributed by atoms with E-state index in [-0.39, 0.29) is 5.82 Å². The Kier molecular flexibility index (Phi) is 6.93. The summed E-state index contributed by atoms with van der Waals surface area (Å²) in [6, 6.07) is 11.2. The molecule has 0 bridgehead atoms. The van der Waals surface area contributed by atoms with E-state index in [9.17, 15) is 4.39 Å². The normalized spacial score (nSPS) is 13.5. The van der Waals surface area contributed by atoms with E-state index >= 15 is 0 Å². The minimum absolute atomic E-state index is 0.178. The average molecular weight is 400 g/mol. The Hall–Kier alpha value is -2.80. The molecule has 0 atom stereocenters. The first kappa shape index (κ1) is 20.9. The number of hydrogen-bond acceptors (Lipinski definition) is 4. The highest BCUT2D eigenvalue weighted by Gasteiger charge is 2.14. The number of rotatable bonds is 6. The van der Waals surface area contributed by atoms with Gasteiger partial charge in [0.2, 0.25) is 0 Å². The van der Waals surface area contributed by atoms with Gasteiger partial charge in [-0.05, 0) is 49.5 Å². The molecule has 0 radical (unpaired) electrons. The molecule has 2 aromatic carbocycles. The molecule has 1 aliphatic rings. The predicted molar refractivity (Wildman–Crippen MR) is 113 cm³/mol. The lowest BCUT2D eigenvalue weighted by atomic mass is 10.1. The molecule has 6 nitrogen and oxygen atoms in total. The largest absolute Gasteiger partial charge is 0.486 e. The summed E-state index contributed by atoms with van der Waals surface area (Å²) in [6.07, 6.45) is 0. The third-order valence-electron chi connectivity index (χ3n) is 4.65. The summed E-state index contributed by atoms with van der Waals surface area (Å²) in [5.74, 6) is 2.15. The fraction of sp³-hybridized carbons (Fsp3) is 0.409. The van der Waals surface area contributed by atoms with Crippen molar-refractivity contribution in [3.05, 3.63) is 58.9 Å². The maximum atomic E-state index is 14.0. The van der Waals surface area contributed by atoms with Crippen molar-refractivity contribution in [1.29, 1.82) is 0 Å². The molecule has 0 fully saturated rings. The van der Waals surface area contributed by atoms with Gasteiger partial charge in [0.1, 0.15) is 19.0 Å². The van der Waals surface area contributed by atoms with Crippen LogP contribution in [0.3, 0.4) is 0 Å². The number of nitrogens with zero attached hydrogens (tertiary/aromatic N) is 3. The molecule has 0 aliphatic carbocycles. The number of halogens is 1. The van der Waals surface area contributed by atoms with E-state index < -0.39 is 0 Å². The highest BCUT2D eigenvalue weighted by molar-refractivity contribution is 5.79. The molecule has 1 N–H and O–H groups in total. The van der Waals surface area contributed by atoms with Crippen molar-refractivity contribution in [2.45, 2.75) is 19.6 Å². The van der Waals surface area contributed by atoms with E-state index in [0.29, 0.717) is 38.4 Å². The van der Waals surface area contributed by atoms with E-state index in [1.165, 1.54) is 6.07 Å². The first-order chi connectivity index (χ1) is 14.0. The zero-order chi connectivity index (χ0) is 20.8. The van der Waals surface area contributed by atoms with Gasteiger partial charge in [0, 0.05) is 39.3 Å². The minimum Gasteiger partial charge on any atom is -0.486 e. The molecule has 2 aromatic rings. The van der Waals surface area contributed by atoms with Crippen LogP contribution in [0.15, 0.2) is 41.4 Å². The second-order valence-corrected chi connectivity index (χ2v) is 7.40. The van der Waals surface area contributed by atoms with Crippen LogP contribution in [0.5, 0.6) is 11.5 Å². The Bertz CT molecular complexity index is 870. The molecule has 3 rings (SSSR count). The SMILES string of the molecule is CN=C(NCc1ccc(F)c(CN(C)C)c1)N(C)Cc1ccc2c(c1)OCCO2. The highest BCUT2D eigenvalue weighted by Crippen LogP contribution is 2.31. The summed E-state index contributed by atoms with van der Waals surface area (Å²) in [6.45, 7) is 2.97. The van der Waals surface area contributed by atoms with Crippen molar-refractivity contribution in [1.82, 2.24) is 15.1 Å². The van der Waals surface area contributed by atoms with Crippen molar-refractivity contribution in [2.75, 3.05) is 41.4 Å². The minimum atomic E-state index is -0.178. The predicted octanol–water partition coefficient (Wildman–Crippen LogP) is 2.87. The van der Waals surface area contributed by atoms with Crippen molar-refractivity contribution in [3.8, 4) is 11.5 Å². The molecule has 0 spiro atoms. The van der Waals surface area contributed by atoms with Gasteiger partial charge in [-0.3, -0.25) is 4.99 Å². The zero-order valence-corrected chi connectivity index (χ0v) is 17.5. The highest BCUT2D eigenvalue weighted by atomic mass is 19.1. The molecule has 0 amide bonds. The lowest BCUT2D eigenvalue weighted by Crippen LogP contribution is -2.38. The van der Waals surface area contributed by atoms with Gasteiger partial charge in [-0.2, -0.15) is 0 Å². The van der Waals surface area contributed by atoms with E-state index in [1.807, 2.05) is 55.2 Å². The Morgan fingerprint density at radius 1 is 1.00 bits per heavy atom. The Balaban J connectivity index is 1.61. The molecular weight excluding hydrogens is 371 g/mol.